The number of aryl methyl sites for hydroxylation is 1. The van der Waals surface area contributed by atoms with E-state index in [-0.39, 0.29) is 11.3 Å². The molecule has 1 amide bonds. The maximum absolute atomic E-state index is 13.7. The molecule has 10 heteroatoms. The molecule has 0 aliphatic carbocycles. The summed E-state index contributed by atoms with van der Waals surface area (Å²) in [4.78, 5) is 29.9. The van der Waals surface area contributed by atoms with Crippen molar-refractivity contribution in [2.45, 2.75) is 19.9 Å². The Bertz CT molecular complexity index is 1540. The molecule has 0 radical (unpaired) electrons. The van der Waals surface area contributed by atoms with Crippen LogP contribution in [0.5, 0.6) is 5.75 Å². The number of hydrogen-bond donors (Lipinski definition) is 2. The van der Waals surface area contributed by atoms with Crippen molar-refractivity contribution in [1.82, 2.24) is 14.8 Å². The molecule has 1 aromatic heterocycles. The van der Waals surface area contributed by atoms with E-state index in [2.05, 4.69) is 15.6 Å². The van der Waals surface area contributed by atoms with Gasteiger partial charge in [0.1, 0.15) is 11.8 Å². The van der Waals surface area contributed by atoms with Crippen molar-refractivity contribution < 1.29 is 14.5 Å². The molecule has 0 fully saturated rings. The SMILES string of the molecule is COc1ccccc1NC(=O)C1=C(C)Nc2nc(-c3ccc(C)cc3)nn2[C@H]1c1ccccc1[N+](=O)[O-]. The lowest BCUT2D eigenvalue weighted by molar-refractivity contribution is -0.385. The number of fused-ring (bicyclic) bond motifs is 1. The Morgan fingerprint density at radius 2 is 1.76 bits per heavy atom. The number of para-hydroxylation sites is 3. The van der Waals surface area contributed by atoms with E-state index in [4.69, 9.17) is 9.84 Å². The minimum absolute atomic E-state index is 0.122. The summed E-state index contributed by atoms with van der Waals surface area (Å²) < 4.78 is 6.91. The summed E-state index contributed by atoms with van der Waals surface area (Å²) in [6.45, 7) is 3.73. The minimum Gasteiger partial charge on any atom is -0.495 e. The number of carbonyl (C=O) groups excluding carboxylic acids is 1. The molecule has 0 saturated heterocycles. The quantitative estimate of drug-likeness (QED) is 0.281. The summed E-state index contributed by atoms with van der Waals surface area (Å²) in [5.74, 6) is 0.856. The van der Waals surface area contributed by atoms with Crippen LogP contribution in [0.15, 0.2) is 84.1 Å². The first-order valence-corrected chi connectivity index (χ1v) is 11.6. The zero-order chi connectivity index (χ0) is 26.1. The average Bonchev–Trinajstić information content (AvgIpc) is 3.32. The Labute approximate surface area is 212 Å². The van der Waals surface area contributed by atoms with Crippen LogP contribution in [-0.2, 0) is 4.79 Å². The Morgan fingerprint density at radius 1 is 1.05 bits per heavy atom. The Morgan fingerprint density at radius 3 is 2.49 bits per heavy atom. The van der Waals surface area contributed by atoms with Gasteiger partial charge in [0, 0.05) is 17.3 Å². The predicted molar refractivity (Wildman–Crippen MR) is 139 cm³/mol. The van der Waals surface area contributed by atoms with Crippen LogP contribution in [-0.4, -0.2) is 32.7 Å². The first-order chi connectivity index (χ1) is 17.9. The van der Waals surface area contributed by atoms with Gasteiger partial charge in [0.2, 0.25) is 5.95 Å². The second kappa shape index (κ2) is 9.57. The number of nitro benzene ring substituents is 1. The number of carbonyl (C=O) groups is 1. The summed E-state index contributed by atoms with van der Waals surface area (Å²) in [6, 6.07) is 20.2. The molecule has 0 saturated carbocycles. The number of hydrogen-bond acceptors (Lipinski definition) is 7. The second-order valence-electron chi connectivity index (χ2n) is 8.61. The van der Waals surface area contributed by atoms with E-state index < -0.39 is 16.9 Å². The molecule has 1 atom stereocenters. The van der Waals surface area contributed by atoms with E-state index >= 15 is 0 Å². The molecule has 10 nitrogen and oxygen atoms in total. The first-order valence-electron chi connectivity index (χ1n) is 11.6. The van der Waals surface area contributed by atoms with Crippen LogP contribution in [0, 0.1) is 17.0 Å². The minimum atomic E-state index is -0.903. The van der Waals surface area contributed by atoms with Gasteiger partial charge in [-0.25, -0.2) is 4.68 Å². The fourth-order valence-corrected chi connectivity index (χ4v) is 4.38. The van der Waals surface area contributed by atoms with E-state index in [0.717, 1.165) is 11.1 Å². The molecule has 1 aliphatic rings. The molecule has 4 aromatic rings. The number of aromatic nitrogens is 3. The third-order valence-corrected chi connectivity index (χ3v) is 6.19. The van der Waals surface area contributed by atoms with Crippen LogP contribution in [0.4, 0.5) is 17.3 Å². The van der Waals surface area contributed by atoms with Gasteiger partial charge in [0.15, 0.2) is 5.82 Å². The van der Waals surface area contributed by atoms with Gasteiger partial charge in [-0.2, -0.15) is 4.98 Å². The lowest BCUT2D eigenvalue weighted by atomic mass is 9.93. The molecule has 2 heterocycles. The van der Waals surface area contributed by atoms with E-state index in [1.54, 1.807) is 49.4 Å². The zero-order valence-corrected chi connectivity index (χ0v) is 20.4. The van der Waals surface area contributed by atoms with E-state index in [1.807, 2.05) is 31.2 Å². The molecule has 2 N–H and O–H groups in total. The molecule has 5 rings (SSSR count). The average molecular weight is 497 g/mol. The lowest BCUT2D eigenvalue weighted by Gasteiger charge is -2.28. The monoisotopic (exact) mass is 496 g/mol. The van der Waals surface area contributed by atoms with Crippen molar-refractivity contribution in [3.8, 4) is 17.1 Å². The summed E-state index contributed by atoms with van der Waals surface area (Å²) in [6.07, 6.45) is 0. The number of nitrogens with zero attached hydrogens (tertiary/aromatic N) is 4. The molecule has 186 valence electrons. The maximum atomic E-state index is 13.7. The molecule has 1 aliphatic heterocycles. The highest BCUT2D eigenvalue weighted by Gasteiger charge is 2.38. The highest BCUT2D eigenvalue weighted by atomic mass is 16.6. The fraction of sp³-hybridized carbons (Fsp3) is 0.148. The van der Waals surface area contributed by atoms with Gasteiger partial charge >= 0.3 is 0 Å². The fourth-order valence-electron chi connectivity index (χ4n) is 4.38. The summed E-state index contributed by atoms with van der Waals surface area (Å²) >= 11 is 0. The van der Waals surface area contributed by atoms with Crippen LogP contribution < -0.4 is 15.4 Å². The normalized spacial score (nSPS) is 14.5. The molecular formula is C27H24N6O4. The van der Waals surface area contributed by atoms with Crippen molar-refractivity contribution in [2.24, 2.45) is 0 Å². The van der Waals surface area contributed by atoms with Crippen LogP contribution in [0.1, 0.15) is 24.1 Å². The van der Waals surface area contributed by atoms with E-state index in [9.17, 15) is 14.9 Å². The van der Waals surface area contributed by atoms with Crippen molar-refractivity contribution in [3.63, 3.8) is 0 Å². The molecule has 37 heavy (non-hydrogen) atoms. The second-order valence-corrected chi connectivity index (χ2v) is 8.61. The third kappa shape index (κ3) is 4.40. The third-order valence-electron chi connectivity index (χ3n) is 6.19. The summed E-state index contributed by atoms with van der Waals surface area (Å²) in [5.41, 5.74) is 3.33. The number of rotatable bonds is 6. The van der Waals surface area contributed by atoms with Gasteiger partial charge in [0.05, 0.1) is 28.9 Å². The summed E-state index contributed by atoms with van der Waals surface area (Å²) in [5, 5.41) is 22.7. The first kappa shape index (κ1) is 23.7. The Hall–Kier alpha value is -4.99. The van der Waals surface area contributed by atoms with E-state index in [0.29, 0.717) is 34.5 Å². The maximum Gasteiger partial charge on any atom is 0.275 e. The van der Waals surface area contributed by atoms with Crippen molar-refractivity contribution in [2.75, 3.05) is 17.7 Å². The summed E-state index contributed by atoms with van der Waals surface area (Å²) in [7, 11) is 1.52. The van der Waals surface area contributed by atoms with Crippen molar-refractivity contribution in [3.05, 3.63) is 105 Å². The zero-order valence-electron chi connectivity index (χ0n) is 20.4. The van der Waals surface area contributed by atoms with Gasteiger partial charge in [0.25, 0.3) is 11.6 Å². The number of methoxy groups -OCH3 is 1. The number of anilines is 2. The number of allylic oxidation sites excluding steroid dienone is 1. The number of amides is 1. The molecular weight excluding hydrogens is 472 g/mol. The molecule has 0 spiro atoms. The van der Waals surface area contributed by atoms with Gasteiger partial charge < -0.3 is 15.4 Å². The van der Waals surface area contributed by atoms with Gasteiger partial charge in [-0.1, -0.05) is 54.1 Å². The van der Waals surface area contributed by atoms with Crippen LogP contribution in [0.25, 0.3) is 11.4 Å². The van der Waals surface area contributed by atoms with Gasteiger partial charge in [-0.05, 0) is 32.0 Å². The van der Waals surface area contributed by atoms with Crippen LogP contribution in [0.2, 0.25) is 0 Å². The highest BCUT2D eigenvalue weighted by Crippen LogP contribution is 2.40. The van der Waals surface area contributed by atoms with Crippen LogP contribution >= 0.6 is 0 Å². The Kier molecular flexibility index (Phi) is 6.14. The van der Waals surface area contributed by atoms with E-state index in [1.165, 1.54) is 17.9 Å². The van der Waals surface area contributed by atoms with Gasteiger partial charge in [-0.15, -0.1) is 5.10 Å². The number of ether oxygens (including phenoxy) is 1. The number of nitrogens with one attached hydrogen (secondary N) is 2. The molecule has 3 aromatic carbocycles. The predicted octanol–water partition coefficient (Wildman–Crippen LogP) is 5.10. The molecule has 0 bridgehead atoms. The molecule has 0 unspecified atom stereocenters. The van der Waals surface area contributed by atoms with Gasteiger partial charge in [-0.3, -0.25) is 14.9 Å². The van der Waals surface area contributed by atoms with Crippen molar-refractivity contribution in [1.29, 1.82) is 0 Å². The van der Waals surface area contributed by atoms with Crippen LogP contribution in [0.3, 0.4) is 0 Å². The smallest absolute Gasteiger partial charge is 0.275 e. The highest BCUT2D eigenvalue weighted by molar-refractivity contribution is 6.06. The largest absolute Gasteiger partial charge is 0.495 e. The topological polar surface area (TPSA) is 124 Å². The Balaban J connectivity index is 1.65. The standard InChI is InChI=1S/C27H24N6O4/c1-16-12-14-18(15-13-16)25-30-27-28-17(2)23(26(34)29-20-9-5-7-11-22(20)37-3)24(32(27)31-25)19-8-4-6-10-21(19)33(35)36/h4-15,24H,1-3H3,(H,29,34)(H,28,30,31)/t24-/m0/s1. The lowest BCUT2D eigenvalue weighted by Crippen LogP contribution is -2.32. The van der Waals surface area contributed by atoms with Crippen molar-refractivity contribution >= 4 is 23.2 Å². The number of benzene rings is 3. The number of nitro groups is 1.